The van der Waals surface area contributed by atoms with Gasteiger partial charge in [-0.3, -0.25) is 0 Å². The molecule has 0 spiro atoms. The van der Waals surface area contributed by atoms with Crippen molar-refractivity contribution in [2.24, 2.45) is 0 Å². The van der Waals surface area contributed by atoms with Crippen LogP contribution in [0.2, 0.25) is 0 Å². The van der Waals surface area contributed by atoms with Gasteiger partial charge in [0.15, 0.2) is 5.76 Å². The van der Waals surface area contributed by atoms with Crippen molar-refractivity contribution < 1.29 is 64.6 Å². The van der Waals surface area contributed by atoms with Crippen LogP contribution in [0.25, 0.3) is 0 Å². The number of hydrogen-bond acceptors (Lipinski definition) is 13. The van der Waals surface area contributed by atoms with Gasteiger partial charge in [0.1, 0.15) is 37.1 Å². The maximum atomic E-state index is 12.6. The minimum atomic E-state index is -2.27. The largest absolute Gasteiger partial charge is 0.505 e. The first kappa shape index (κ1) is 30.3. The Kier molecular flexibility index (Phi) is 11.8. The normalized spacial score (nSPS) is 32.6. The van der Waals surface area contributed by atoms with E-state index in [1.54, 1.807) is 6.08 Å². The molecule has 2 aliphatic rings. The van der Waals surface area contributed by atoms with E-state index in [1.165, 1.54) is 6.26 Å². The molecule has 0 bridgehead atoms. The van der Waals surface area contributed by atoms with Crippen molar-refractivity contribution in [1.82, 2.24) is 0 Å². The summed E-state index contributed by atoms with van der Waals surface area (Å²) in [6.45, 7) is 0.105. The van der Waals surface area contributed by atoms with Crippen LogP contribution in [0.5, 0.6) is 0 Å². The van der Waals surface area contributed by atoms with Crippen molar-refractivity contribution in [2.45, 2.75) is 94.0 Å². The summed E-state index contributed by atoms with van der Waals surface area (Å²) in [5.74, 6) is -3.15. The number of ether oxygens (including phenoxy) is 4. The van der Waals surface area contributed by atoms with Crippen LogP contribution in [0.1, 0.15) is 45.4 Å². The van der Waals surface area contributed by atoms with Gasteiger partial charge in [0.05, 0.1) is 25.6 Å². The molecule has 8 atom stereocenters. The number of unbranched alkanes of at least 4 members (excludes halogenated alkanes) is 4. The number of carbonyl (C=O) groups excluding carboxylic acids is 1. The van der Waals surface area contributed by atoms with Crippen LogP contribution >= 0.6 is 0 Å². The van der Waals surface area contributed by atoms with Crippen LogP contribution in [0.15, 0.2) is 23.9 Å². The molecule has 0 aromatic heterocycles. The van der Waals surface area contributed by atoms with Crippen molar-refractivity contribution in [2.75, 3.05) is 19.8 Å². The van der Waals surface area contributed by atoms with E-state index in [9.17, 15) is 45.6 Å². The van der Waals surface area contributed by atoms with Crippen LogP contribution in [-0.4, -0.2) is 115 Å². The summed E-state index contributed by atoms with van der Waals surface area (Å²) in [5.41, 5.74) is -2.27. The Morgan fingerprint density at radius 2 is 1.81 bits per heavy atom. The van der Waals surface area contributed by atoms with Gasteiger partial charge in [0.2, 0.25) is 17.7 Å². The molecule has 208 valence electrons. The molecule has 0 saturated carbocycles. The van der Waals surface area contributed by atoms with Gasteiger partial charge in [-0.05, 0) is 18.9 Å². The summed E-state index contributed by atoms with van der Waals surface area (Å²) in [7, 11) is 0. The van der Waals surface area contributed by atoms with Gasteiger partial charge >= 0.3 is 5.97 Å². The fraction of sp³-hybridized carbons (Fsp3) is 0.783. The third-order valence-corrected chi connectivity index (χ3v) is 6.12. The van der Waals surface area contributed by atoms with Crippen LogP contribution in [0.4, 0.5) is 0 Å². The van der Waals surface area contributed by atoms with Gasteiger partial charge in [-0.15, -0.1) is 0 Å². The quantitative estimate of drug-likeness (QED) is 0.0697. The van der Waals surface area contributed by atoms with Crippen LogP contribution in [0, 0.1) is 0 Å². The summed E-state index contributed by atoms with van der Waals surface area (Å²) in [4.78, 5) is 12.6. The predicted octanol–water partition coefficient (Wildman–Crippen LogP) is -1.53. The van der Waals surface area contributed by atoms with E-state index in [0.29, 0.717) is 0 Å². The predicted molar refractivity (Wildman–Crippen MR) is 121 cm³/mol. The summed E-state index contributed by atoms with van der Waals surface area (Å²) >= 11 is 0. The number of esters is 1. The maximum Gasteiger partial charge on any atom is 0.378 e. The number of allylic oxidation sites excluding steroid dienone is 1. The van der Waals surface area contributed by atoms with E-state index in [1.807, 2.05) is 0 Å². The summed E-state index contributed by atoms with van der Waals surface area (Å²) in [6.07, 6.45) is -4.29. The van der Waals surface area contributed by atoms with Crippen molar-refractivity contribution in [1.29, 1.82) is 0 Å². The summed E-state index contributed by atoms with van der Waals surface area (Å²) in [6, 6.07) is 0. The zero-order valence-electron chi connectivity index (χ0n) is 20.2. The molecule has 1 saturated heterocycles. The first-order chi connectivity index (χ1) is 17.1. The van der Waals surface area contributed by atoms with Crippen LogP contribution < -0.4 is 0 Å². The molecule has 13 heteroatoms. The zero-order chi connectivity index (χ0) is 26.9. The van der Waals surface area contributed by atoms with E-state index in [2.05, 4.69) is 6.92 Å². The fourth-order valence-corrected chi connectivity index (χ4v) is 3.95. The monoisotopic (exact) mass is 522 g/mol. The lowest BCUT2D eigenvalue weighted by molar-refractivity contribution is -0.291. The van der Waals surface area contributed by atoms with E-state index < -0.39 is 92.2 Å². The number of hydrogen-bond donors (Lipinski definition) is 8. The van der Waals surface area contributed by atoms with Crippen molar-refractivity contribution >= 4 is 5.97 Å². The fourth-order valence-electron chi connectivity index (χ4n) is 3.95. The molecule has 0 radical (unpaired) electrons. The third kappa shape index (κ3) is 7.07. The minimum Gasteiger partial charge on any atom is -0.505 e. The van der Waals surface area contributed by atoms with Gasteiger partial charge in [0, 0.05) is 6.42 Å². The molecule has 36 heavy (non-hydrogen) atoms. The molecular formula is C23H38O13. The summed E-state index contributed by atoms with van der Waals surface area (Å²) < 4.78 is 20.9. The van der Waals surface area contributed by atoms with E-state index in [4.69, 9.17) is 18.9 Å². The highest BCUT2D eigenvalue weighted by molar-refractivity contribution is 5.90. The average Bonchev–Trinajstić information content (AvgIpc) is 3.10. The third-order valence-electron chi connectivity index (χ3n) is 6.12. The van der Waals surface area contributed by atoms with Crippen molar-refractivity contribution in [3.05, 3.63) is 23.9 Å². The number of carbonyl (C=O) groups is 1. The molecule has 2 rings (SSSR count). The SMILES string of the molecule is CCCCCCC=COC[C@H](O)[C@@]1(CC(O)CO)OC(=O)C(OC2O[C@H](CO)[C@@H](O)[C@H](O)[C@H]2O)=C1O. The lowest BCUT2D eigenvalue weighted by atomic mass is 9.88. The number of aliphatic hydroxyl groups is 8. The Morgan fingerprint density at radius 3 is 2.44 bits per heavy atom. The second kappa shape index (κ2) is 14.1. The Balaban J connectivity index is 2.17. The number of aliphatic hydroxyl groups excluding tert-OH is 8. The highest BCUT2D eigenvalue weighted by Crippen LogP contribution is 2.40. The Hall–Kier alpha value is -1.97. The number of cyclic esters (lactones) is 1. The van der Waals surface area contributed by atoms with Gasteiger partial charge in [-0.1, -0.05) is 26.2 Å². The maximum absolute atomic E-state index is 12.6. The van der Waals surface area contributed by atoms with Gasteiger partial charge in [-0.2, -0.15) is 0 Å². The highest BCUT2D eigenvalue weighted by Gasteiger charge is 2.57. The molecule has 2 aliphatic heterocycles. The molecule has 0 amide bonds. The highest BCUT2D eigenvalue weighted by atomic mass is 16.7. The minimum absolute atomic E-state index is 0.464. The topological polar surface area (TPSA) is 216 Å². The molecule has 0 aromatic carbocycles. The second-order valence-electron chi connectivity index (χ2n) is 8.88. The smallest absolute Gasteiger partial charge is 0.378 e. The van der Waals surface area contributed by atoms with E-state index in [-0.39, 0.29) is 0 Å². The average molecular weight is 523 g/mol. The molecule has 2 heterocycles. The van der Waals surface area contributed by atoms with Crippen molar-refractivity contribution in [3.8, 4) is 0 Å². The lowest BCUT2D eigenvalue weighted by Crippen LogP contribution is -2.59. The molecule has 0 aromatic rings. The van der Waals surface area contributed by atoms with Crippen LogP contribution in [-0.2, 0) is 23.7 Å². The van der Waals surface area contributed by atoms with Crippen LogP contribution in [0.3, 0.4) is 0 Å². The Labute approximate surface area is 208 Å². The molecule has 0 aliphatic carbocycles. The second-order valence-corrected chi connectivity index (χ2v) is 8.88. The van der Waals surface area contributed by atoms with Gasteiger partial charge < -0.3 is 59.8 Å². The molecule has 8 N–H and O–H groups in total. The van der Waals surface area contributed by atoms with Gasteiger partial charge in [-0.25, -0.2) is 4.79 Å². The van der Waals surface area contributed by atoms with Crippen molar-refractivity contribution in [3.63, 3.8) is 0 Å². The summed E-state index contributed by atoms with van der Waals surface area (Å²) in [5, 5.41) is 80.2. The molecule has 2 unspecified atom stereocenters. The van der Waals surface area contributed by atoms with E-state index in [0.717, 1.165) is 32.1 Å². The molecular weight excluding hydrogens is 484 g/mol. The molecule has 1 fully saturated rings. The Bertz CT molecular complexity index is 754. The first-order valence-corrected chi connectivity index (χ1v) is 12.0. The molecule has 13 nitrogen and oxygen atoms in total. The zero-order valence-corrected chi connectivity index (χ0v) is 20.2. The Morgan fingerprint density at radius 1 is 1.08 bits per heavy atom. The van der Waals surface area contributed by atoms with Gasteiger partial charge in [0.25, 0.3) is 0 Å². The first-order valence-electron chi connectivity index (χ1n) is 12.0. The number of rotatable bonds is 15. The lowest BCUT2D eigenvalue weighted by Gasteiger charge is -2.39. The standard InChI is InChI=1S/C23H38O13/c1-2-3-4-5-6-7-8-33-12-15(27)23(9-13(26)10-24)20(31)19(21(32)36-23)35-22-18(30)17(29)16(28)14(11-25)34-22/h7-8,13-18,22,24-31H,2-6,9-12H2,1H3/t13?,14-,15+,16-,17+,18-,22?,23-/m1/s1. The van der Waals surface area contributed by atoms with E-state index >= 15 is 0 Å².